The van der Waals surface area contributed by atoms with Gasteiger partial charge in [-0.3, -0.25) is 4.79 Å². The first-order valence-electron chi connectivity index (χ1n) is 4.34. The van der Waals surface area contributed by atoms with Gasteiger partial charge >= 0.3 is 0 Å². The van der Waals surface area contributed by atoms with Crippen LogP contribution >= 0.6 is 47.8 Å². The summed E-state index contributed by atoms with van der Waals surface area (Å²) in [5, 5.41) is 0. The highest BCUT2D eigenvalue weighted by Gasteiger charge is 2.30. The minimum atomic E-state index is 0.127. The van der Waals surface area contributed by atoms with Gasteiger partial charge in [0.15, 0.2) is 0 Å². The molecule has 1 amide bonds. The van der Waals surface area contributed by atoms with Gasteiger partial charge in [0, 0.05) is 17.8 Å². The van der Waals surface area contributed by atoms with E-state index >= 15 is 0 Å². The molecule has 0 aliphatic carbocycles. The van der Waals surface area contributed by atoms with Crippen LogP contribution in [0, 0.1) is 0 Å². The van der Waals surface area contributed by atoms with Gasteiger partial charge in [0.1, 0.15) is 9.21 Å². The van der Waals surface area contributed by atoms with Crippen LogP contribution in [0.2, 0.25) is 0 Å². The Hall–Kier alpha value is 0.0600. The third-order valence-corrected chi connectivity index (χ3v) is 3.80. The van der Waals surface area contributed by atoms with E-state index in [2.05, 4.69) is 52.8 Å². The molecular formula is C9H7Br3N2O. The van der Waals surface area contributed by atoms with E-state index in [9.17, 15) is 4.79 Å². The smallest absolute Gasteiger partial charge is 0.228 e. The Bertz CT molecular complexity index is 410. The van der Waals surface area contributed by atoms with Crippen molar-refractivity contribution in [1.29, 1.82) is 0 Å². The summed E-state index contributed by atoms with van der Waals surface area (Å²) in [7, 11) is 0. The van der Waals surface area contributed by atoms with Crippen molar-refractivity contribution < 1.29 is 4.79 Å². The van der Waals surface area contributed by atoms with Crippen LogP contribution in [-0.4, -0.2) is 22.3 Å². The van der Waals surface area contributed by atoms with Crippen molar-refractivity contribution >= 4 is 59.4 Å². The maximum absolute atomic E-state index is 11.7. The Morgan fingerprint density at radius 3 is 2.67 bits per heavy atom. The number of hydrogen-bond donors (Lipinski definition) is 0. The molecule has 3 nitrogen and oxygen atoms in total. The van der Waals surface area contributed by atoms with Gasteiger partial charge < -0.3 is 4.90 Å². The summed E-state index contributed by atoms with van der Waals surface area (Å²) in [6, 6.07) is 3.71. The SMILES string of the molecule is O=C1CC(Br)CN1c1ccc(Br)nc1Br. The Labute approximate surface area is 113 Å². The number of rotatable bonds is 1. The van der Waals surface area contributed by atoms with E-state index in [4.69, 9.17) is 0 Å². The minimum absolute atomic E-state index is 0.127. The summed E-state index contributed by atoms with van der Waals surface area (Å²) in [6.45, 7) is 0.695. The van der Waals surface area contributed by atoms with Crippen LogP contribution in [0.15, 0.2) is 21.3 Å². The standard InChI is InChI=1S/C9H7Br3N2O/c10-5-3-8(15)14(4-5)6-1-2-7(11)13-9(6)12/h1-2,5H,3-4H2. The van der Waals surface area contributed by atoms with Gasteiger partial charge in [-0.1, -0.05) is 15.9 Å². The average Bonchev–Trinajstić information content (AvgIpc) is 2.45. The number of pyridine rings is 1. The Morgan fingerprint density at radius 1 is 1.40 bits per heavy atom. The molecule has 1 atom stereocenters. The van der Waals surface area contributed by atoms with E-state index in [-0.39, 0.29) is 10.7 Å². The molecule has 0 bridgehead atoms. The number of carbonyl (C=O) groups is 1. The van der Waals surface area contributed by atoms with Crippen molar-refractivity contribution in [3.05, 3.63) is 21.3 Å². The lowest BCUT2D eigenvalue weighted by Crippen LogP contribution is -2.25. The van der Waals surface area contributed by atoms with Gasteiger partial charge in [0.2, 0.25) is 5.91 Å². The van der Waals surface area contributed by atoms with Crippen LogP contribution in [0.5, 0.6) is 0 Å². The van der Waals surface area contributed by atoms with E-state index in [1.807, 2.05) is 12.1 Å². The first kappa shape index (κ1) is 11.5. The summed E-state index contributed by atoms with van der Waals surface area (Å²) in [5.74, 6) is 0.127. The first-order chi connectivity index (χ1) is 7.08. The molecule has 1 aromatic heterocycles. The van der Waals surface area contributed by atoms with E-state index in [0.29, 0.717) is 17.6 Å². The predicted octanol–water partition coefficient (Wildman–Crippen LogP) is 3.11. The molecule has 0 radical (unpaired) electrons. The van der Waals surface area contributed by atoms with Gasteiger partial charge in [-0.2, -0.15) is 0 Å². The highest BCUT2D eigenvalue weighted by molar-refractivity contribution is 9.11. The molecule has 0 spiro atoms. The number of anilines is 1. The van der Waals surface area contributed by atoms with Crippen molar-refractivity contribution in [3.63, 3.8) is 0 Å². The predicted molar refractivity (Wildman–Crippen MR) is 69.3 cm³/mol. The maximum atomic E-state index is 11.7. The van der Waals surface area contributed by atoms with Crippen molar-refractivity contribution in [2.24, 2.45) is 0 Å². The largest absolute Gasteiger partial charge is 0.309 e. The average molecular weight is 399 g/mol. The third-order valence-electron chi connectivity index (χ3n) is 2.16. The van der Waals surface area contributed by atoms with Gasteiger partial charge in [0.25, 0.3) is 0 Å². The molecular weight excluding hydrogens is 392 g/mol. The molecule has 6 heteroatoms. The van der Waals surface area contributed by atoms with E-state index in [1.165, 1.54) is 0 Å². The molecule has 80 valence electrons. The number of hydrogen-bond acceptors (Lipinski definition) is 2. The summed E-state index contributed by atoms with van der Waals surface area (Å²) >= 11 is 10.1. The maximum Gasteiger partial charge on any atom is 0.228 e. The summed E-state index contributed by atoms with van der Waals surface area (Å²) < 4.78 is 1.44. The van der Waals surface area contributed by atoms with Crippen molar-refractivity contribution in [3.8, 4) is 0 Å². The van der Waals surface area contributed by atoms with Crippen molar-refractivity contribution in [2.45, 2.75) is 11.2 Å². The Kier molecular flexibility index (Phi) is 3.47. The topological polar surface area (TPSA) is 33.2 Å². The second-order valence-corrected chi connectivity index (χ2v) is 6.11. The van der Waals surface area contributed by atoms with Crippen LogP contribution < -0.4 is 4.90 Å². The van der Waals surface area contributed by atoms with E-state index in [1.54, 1.807) is 4.90 Å². The lowest BCUT2D eigenvalue weighted by atomic mass is 10.4. The number of amides is 1. The highest BCUT2D eigenvalue weighted by Crippen LogP contribution is 2.31. The Balaban J connectivity index is 2.34. The summed E-state index contributed by atoms with van der Waals surface area (Å²) in [4.78, 5) is 17.8. The number of carbonyl (C=O) groups excluding carboxylic acids is 1. The normalized spacial score (nSPS) is 21.1. The fourth-order valence-corrected chi connectivity index (χ4v) is 3.15. The molecule has 15 heavy (non-hydrogen) atoms. The van der Waals surface area contributed by atoms with Gasteiger partial charge in [-0.15, -0.1) is 0 Å². The molecule has 0 aromatic carbocycles. The number of nitrogens with zero attached hydrogens (tertiary/aromatic N) is 2. The lowest BCUT2D eigenvalue weighted by molar-refractivity contribution is -0.117. The number of halogens is 3. The number of aromatic nitrogens is 1. The minimum Gasteiger partial charge on any atom is -0.309 e. The van der Waals surface area contributed by atoms with Gasteiger partial charge in [0.05, 0.1) is 5.69 Å². The molecule has 1 aromatic rings. The summed E-state index contributed by atoms with van der Waals surface area (Å²) in [5.41, 5.74) is 0.824. The zero-order valence-electron chi connectivity index (χ0n) is 7.58. The van der Waals surface area contributed by atoms with E-state index in [0.717, 1.165) is 10.3 Å². The van der Waals surface area contributed by atoms with Crippen LogP contribution in [0.4, 0.5) is 5.69 Å². The second-order valence-electron chi connectivity index (χ2n) is 3.25. The molecule has 1 aliphatic heterocycles. The molecule has 1 aliphatic rings. The fourth-order valence-electron chi connectivity index (χ4n) is 1.50. The second kappa shape index (κ2) is 4.51. The molecule has 2 rings (SSSR count). The monoisotopic (exact) mass is 396 g/mol. The van der Waals surface area contributed by atoms with Crippen LogP contribution in [0.3, 0.4) is 0 Å². The molecule has 1 saturated heterocycles. The highest BCUT2D eigenvalue weighted by atomic mass is 79.9. The zero-order chi connectivity index (χ0) is 11.0. The third kappa shape index (κ3) is 2.42. The quantitative estimate of drug-likeness (QED) is 0.538. The van der Waals surface area contributed by atoms with Crippen LogP contribution in [0.1, 0.15) is 6.42 Å². The molecule has 0 N–H and O–H groups in total. The van der Waals surface area contributed by atoms with Crippen molar-refractivity contribution in [1.82, 2.24) is 4.98 Å². The van der Waals surface area contributed by atoms with Crippen molar-refractivity contribution in [2.75, 3.05) is 11.4 Å². The van der Waals surface area contributed by atoms with Crippen LogP contribution in [-0.2, 0) is 4.79 Å². The van der Waals surface area contributed by atoms with Crippen LogP contribution in [0.25, 0.3) is 0 Å². The zero-order valence-corrected chi connectivity index (χ0v) is 12.3. The molecule has 1 fully saturated rings. The molecule has 2 heterocycles. The van der Waals surface area contributed by atoms with Gasteiger partial charge in [-0.05, 0) is 44.0 Å². The molecule has 0 saturated carbocycles. The van der Waals surface area contributed by atoms with Gasteiger partial charge in [-0.25, -0.2) is 4.98 Å². The first-order valence-corrected chi connectivity index (χ1v) is 6.84. The number of alkyl halides is 1. The molecule has 1 unspecified atom stereocenters. The fraction of sp³-hybridized carbons (Fsp3) is 0.333. The lowest BCUT2D eigenvalue weighted by Gasteiger charge is -2.16. The summed E-state index contributed by atoms with van der Waals surface area (Å²) in [6.07, 6.45) is 0.544. The Morgan fingerprint density at radius 2 is 2.13 bits per heavy atom. The van der Waals surface area contributed by atoms with E-state index < -0.39 is 0 Å².